The van der Waals surface area contributed by atoms with Crippen LogP contribution < -0.4 is 16.1 Å². The molecular formula is C22H28FN7O3. The first-order valence-electron chi connectivity index (χ1n) is 10.4. The Balaban J connectivity index is 2.01. The molecule has 0 saturated carbocycles. The van der Waals surface area contributed by atoms with Gasteiger partial charge in [0.1, 0.15) is 17.7 Å². The van der Waals surface area contributed by atoms with Crippen molar-refractivity contribution < 1.29 is 18.8 Å². The summed E-state index contributed by atoms with van der Waals surface area (Å²) in [4.78, 5) is 35.8. The number of carbonyl (C=O) groups is 2. The van der Waals surface area contributed by atoms with Gasteiger partial charge >= 0.3 is 0 Å². The summed E-state index contributed by atoms with van der Waals surface area (Å²) < 4.78 is 16.1. The predicted molar refractivity (Wildman–Crippen MR) is 122 cm³/mol. The van der Waals surface area contributed by atoms with Crippen molar-refractivity contribution in [2.45, 2.75) is 19.8 Å². The Hall–Kier alpha value is -3.57. The number of amides is 2. The van der Waals surface area contributed by atoms with Gasteiger partial charge in [-0.25, -0.2) is 19.4 Å². The van der Waals surface area contributed by atoms with Crippen LogP contribution in [-0.4, -0.2) is 65.6 Å². The van der Waals surface area contributed by atoms with Gasteiger partial charge in [0.05, 0.1) is 18.4 Å². The van der Waals surface area contributed by atoms with E-state index in [9.17, 15) is 14.0 Å². The number of likely N-dealkylation sites (N-methyl/N-ethyl adjacent to an activating group) is 1. The monoisotopic (exact) mass is 457 g/mol. The second-order valence-electron chi connectivity index (χ2n) is 8.03. The lowest BCUT2D eigenvalue weighted by Crippen LogP contribution is -2.31. The molecule has 3 aromatic rings. The Bertz CT molecular complexity index is 1160. The van der Waals surface area contributed by atoms with Crippen LogP contribution in [0.1, 0.15) is 46.0 Å². The van der Waals surface area contributed by atoms with Gasteiger partial charge < -0.3 is 15.5 Å². The maximum absolute atomic E-state index is 14.6. The molecule has 1 aromatic carbocycles. The van der Waals surface area contributed by atoms with Crippen molar-refractivity contribution in [2.24, 2.45) is 0 Å². The molecule has 0 radical (unpaired) electrons. The van der Waals surface area contributed by atoms with Gasteiger partial charge in [-0.05, 0) is 43.8 Å². The molecule has 0 fully saturated rings. The summed E-state index contributed by atoms with van der Waals surface area (Å²) in [5, 5.41) is 10.1. The fourth-order valence-electron chi connectivity index (χ4n) is 3.42. The number of fused-ring (bicyclic) bond motifs is 1. The zero-order valence-corrected chi connectivity index (χ0v) is 19.3. The molecule has 2 aromatic heterocycles. The van der Waals surface area contributed by atoms with E-state index in [0.717, 1.165) is 5.56 Å². The Labute approximate surface area is 191 Å². The zero-order chi connectivity index (χ0) is 24.1. The minimum atomic E-state index is -0.569. The molecule has 176 valence electrons. The number of anilines is 2. The second kappa shape index (κ2) is 10.4. The van der Waals surface area contributed by atoms with E-state index in [-0.39, 0.29) is 23.1 Å². The number of halogens is 1. The third-order valence-corrected chi connectivity index (χ3v) is 4.96. The first-order chi connectivity index (χ1) is 15.7. The molecule has 0 aliphatic carbocycles. The van der Waals surface area contributed by atoms with Crippen LogP contribution in [-0.2, 0) is 4.84 Å². The molecule has 0 unspecified atom stereocenters. The predicted octanol–water partition coefficient (Wildman–Crippen LogP) is 2.32. The van der Waals surface area contributed by atoms with E-state index < -0.39 is 11.7 Å². The number of carbonyl (C=O) groups excluding carboxylic acids is 2. The first-order valence-corrected chi connectivity index (χ1v) is 10.4. The molecule has 33 heavy (non-hydrogen) atoms. The van der Waals surface area contributed by atoms with Gasteiger partial charge in [-0.2, -0.15) is 5.10 Å². The number of hydrogen-bond donors (Lipinski definition) is 3. The third kappa shape index (κ3) is 5.44. The largest absolute Gasteiger partial charge is 0.351 e. The number of nitrogens with one attached hydrogen (secondary N) is 3. The van der Waals surface area contributed by atoms with E-state index in [2.05, 4.69) is 31.0 Å². The summed E-state index contributed by atoms with van der Waals surface area (Å²) in [5.74, 6) is -1.04. The number of rotatable bonds is 9. The number of nitrogens with zero attached hydrogens (tertiary/aromatic N) is 4. The highest BCUT2D eigenvalue weighted by Gasteiger charge is 2.23. The molecule has 2 amide bonds. The standard InChI is InChI=1S/C22H28FN7O3/c1-13(2)18-15(22(32)24-8-9-29(3)4)11-30-19(18)20(25-12-26-30)27-17-10-14(6-7-16(17)23)21(31)28-33-5/h6-7,10-13H,8-9H2,1-5H3,(H,24,32)(H,28,31)(H,25,26,27). The summed E-state index contributed by atoms with van der Waals surface area (Å²) in [6.45, 7) is 5.11. The number of aromatic nitrogens is 3. The molecule has 0 aliphatic heterocycles. The maximum Gasteiger partial charge on any atom is 0.274 e. The van der Waals surface area contributed by atoms with E-state index in [4.69, 9.17) is 0 Å². The summed E-state index contributed by atoms with van der Waals surface area (Å²) in [6.07, 6.45) is 2.95. The van der Waals surface area contributed by atoms with E-state index in [1.165, 1.54) is 31.6 Å². The van der Waals surface area contributed by atoms with Crippen LogP contribution in [0.15, 0.2) is 30.7 Å². The fraction of sp³-hybridized carbons (Fsp3) is 0.364. The van der Waals surface area contributed by atoms with Crippen LogP contribution >= 0.6 is 0 Å². The lowest BCUT2D eigenvalue weighted by Gasteiger charge is -2.13. The smallest absolute Gasteiger partial charge is 0.274 e. The van der Waals surface area contributed by atoms with E-state index in [1.807, 2.05) is 32.8 Å². The van der Waals surface area contributed by atoms with Crippen LogP contribution in [0, 0.1) is 5.82 Å². The van der Waals surface area contributed by atoms with Crippen molar-refractivity contribution in [1.29, 1.82) is 0 Å². The number of benzene rings is 1. The van der Waals surface area contributed by atoms with E-state index in [0.29, 0.717) is 30.0 Å². The molecule has 2 heterocycles. The van der Waals surface area contributed by atoms with E-state index >= 15 is 0 Å². The Morgan fingerprint density at radius 3 is 2.67 bits per heavy atom. The number of hydroxylamine groups is 1. The fourth-order valence-corrected chi connectivity index (χ4v) is 3.42. The average Bonchev–Trinajstić information content (AvgIpc) is 3.16. The molecule has 0 saturated heterocycles. The molecule has 0 bridgehead atoms. The highest BCUT2D eigenvalue weighted by Crippen LogP contribution is 2.32. The molecule has 0 aliphatic rings. The summed E-state index contributed by atoms with van der Waals surface area (Å²) in [5.41, 5.74) is 4.20. The van der Waals surface area contributed by atoms with Crippen LogP contribution in [0.25, 0.3) is 5.52 Å². The highest BCUT2D eigenvalue weighted by molar-refractivity contribution is 6.00. The van der Waals surface area contributed by atoms with Crippen molar-refractivity contribution in [1.82, 2.24) is 30.3 Å². The van der Waals surface area contributed by atoms with Gasteiger partial charge in [-0.3, -0.25) is 14.4 Å². The molecule has 3 N–H and O–H groups in total. The normalized spacial score (nSPS) is 11.3. The van der Waals surface area contributed by atoms with Gasteiger partial charge in [-0.15, -0.1) is 0 Å². The van der Waals surface area contributed by atoms with Gasteiger partial charge in [0.15, 0.2) is 5.82 Å². The lowest BCUT2D eigenvalue weighted by molar-refractivity contribution is 0.0537. The quantitative estimate of drug-likeness (QED) is 0.423. The second-order valence-corrected chi connectivity index (χ2v) is 8.03. The summed E-state index contributed by atoms with van der Waals surface area (Å²) in [7, 11) is 5.17. The van der Waals surface area contributed by atoms with Crippen molar-refractivity contribution in [2.75, 3.05) is 39.6 Å². The molecule has 0 spiro atoms. The van der Waals surface area contributed by atoms with Gasteiger partial charge in [0.2, 0.25) is 0 Å². The first kappa shape index (κ1) is 24.1. The Kier molecular flexibility index (Phi) is 7.56. The molecule has 3 rings (SSSR count). The lowest BCUT2D eigenvalue weighted by atomic mass is 9.99. The Morgan fingerprint density at radius 2 is 2.00 bits per heavy atom. The minimum absolute atomic E-state index is 0.0418. The van der Waals surface area contributed by atoms with Crippen molar-refractivity contribution in [3.05, 3.63) is 53.2 Å². The van der Waals surface area contributed by atoms with Gasteiger partial charge in [0.25, 0.3) is 11.8 Å². The van der Waals surface area contributed by atoms with Gasteiger partial charge in [-0.1, -0.05) is 13.8 Å². The average molecular weight is 458 g/mol. The van der Waals surface area contributed by atoms with Crippen molar-refractivity contribution in [3.8, 4) is 0 Å². The minimum Gasteiger partial charge on any atom is -0.351 e. The van der Waals surface area contributed by atoms with Crippen LogP contribution in [0.3, 0.4) is 0 Å². The summed E-state index contributed by atoms with van der Waals surface area (Å²) in [6, 6.07) is 3.88. The molecular weight excluding hydrogens is 429 g/mol. The zero-order valence-electron chi connectivity index (χ0n) is 19.3. The third-order valence-electron chi connectivity index (χ3n) is 4.96. The van der Waals surface area contributed by atoms with Crippen molar-refractivity contribution in [3.63, 3.8) is 0 Å². The number of hydrogen-bond acceptors (Lipinski definition) is 7. The molecule has 0 atom stereocenters. The van der Waals surface area contributed by atoms with E-state index in [1.54, 1.807) is 10.7 Å². The summed E-state index contributed by atoms with van der Waals surface area (Å²) >= 11 is 0. The maximum atomic E-state index is 14.6. The Morgan fingerprint density at radius 1 is 1.24 bits per heavy atom. The SMILES string of the molecule is CONC(=O)c1ccc(F)c(Nc2ncnn3cc(C(=O)NCCN(C)C)c(C(C)C)c23)c1. The molecule has 10 nitrogen and oxygen atoms in total. The molecule has 11 heteroatoms. The van der Waals surface area contributed by atoms with Crippen molar-refractivity contribution >= 4 is 28.8 Å². The van der Waals surface area contributed by atoms with Gasteiger partial charge in [0, 0.05) is 24.8 Å². The van der Waals surface area contributed by atoms with Crippen LogP contribution in [0.4, 0.5) is 15.9 Å². The topological polar surface area (TPSA) is 113 Å². The highest BCUT2D eigenvalue weighted by atomic mass is 19.1. The van der Waals surface area contributed by atoms with Crippen LogP contribution in [0.2, 0.25) is 0 Å². The van der Waals surface area contributed by atoms with Crippen LogP contribution in [0.5, 0.6) is 0 Å².